The Morgan fingerprint density at radius 1 is 1.09 bits per heavy atom. The quantitative estimate of drug-likeness (QED) is 0.297. The highest BCUT2D eigenvalue weighted by molar-refractivity contribution is 7.15. The number of fused-ring (bicyclic) bond motifs is 1. The van der Waals surface area contributed by atoms with Gasteiger partial charge in [-0.05, 0) is 75.2 Å². The molecule has 0 radical (unpaired) electrons. The van der Waals surface area contributed by atoms with Crippen molar-refractivity contribution < 1.29 is 14.3 Å². The fraction of sp³-hybridized carbons (Fsp3) is 0.250. The molecule has 3 heterocycles. The summed E-state index contributed by atoms with van der Waals surface area (Å²) in [6.45, 7) is 6.96. The molecule has 0 saturated heterocycles. The van der Waals surface area contributed by atoms with Crippen LogP contribution >= 0.6 is 11.3 Å². The Balaban J connectivity index is 1.37. The third kappa shape index (κ3) is 4.91. The van der Waals surface area contributed by atoms with Crippen molar-refractivity contribution in [1.29, 1.82) is 0 Å². The third-order valence-electron chi connectivity index (χ3n) is 5.91. The van der Waals surface area contributed by atoms with E-state index in [0.717, 1.165) is 43.8 Å². The Morgan fingerprint density at radius 2 is 1.97 bits per heavy atom. The average Bonchev–Trinajstić information content (AvgIpc) is 3.26. The molecule has 178 valence electrons. The lowest BCUT2D eigenvalue weighted by molar-refractivity contribution is -0.125. The number of nitrogens with zero attached hydrogens (tertiary/aromatic N) is 3. The second-order valence-corrected chi connectivity index (χ2v) is 9.79. The Kier molecular flexibility index (Phi) is 6.51. The average molecular weight is 486 g/mol. The van der Waals surface area contributed by atoms with E-state index in [4.69, 9.17) is 14.5 Å². The Morgan fingerprint density at radius 3 is 2.77 bits per heavy atom. The zero-order chi connectivity index (χ0) is 24.4. The first kappa shape index (κ1) is 23.1. The van der Waals surface area contributed by atoms with Gasteiger partial charge in [0.2, 0.25) is 0 Å². The second kappa shape index (κ2) is 9.88. The zero-order valence-corrected chi connectivity index (χ0v) is 20.8. The van der Waals surface area contributed by atoms with E-state index in [-0.39, 0.29) is 5.91 Å². The molecule has 0 bridgehead atoms. The second-order valence-electron chi connectivity index (χ2n) is 8.59. The number of thiazole rings is 1. The number of rotatable bonds is 7. The maximum atomic E-state index is 13.0. The minimum absolute atomic E-state index is 0.0469. The minimum Gasteiger partial charge on any atom is -0.494 e. The van der Waals surface area contributed by atoms with Gasteiger partial charge in [0.05, 0.1) is 23.7 Å². The van der Waals surface area contributed by atoms with E-state index < -0.39 is 6.10 Å². The third-order valence-corrected chi connectivity index (χ3v) is 6.90. The SMILES string of the molecule is Cc1cccc(OCCCN2C(=O)C(C)Oc3ccc(-c4nc(-c5ccccn5)sc4C)cc32)c1. The number of aromatic nitrogens is 2. The van der Waals surface area contributed by atoms with Crippen LogP contribution in [0.1, 0.15) is 23.8 Å². The van der Waals surface area contributed by atoms with Crippen LogP contribution in [-0.4, -0.2) is 35.1 Å². The largest absolute Gasteiger partial charge is 0.494 e. The van der Waals surface area contributed by atoms with Gasteiger partial charge in [-0.15, -0.1) is 11.3 Å². The van der Waals surface area contributed by atoms with Crippen molar-refractivity contribution in [2.24, 2.45) is 0 Å². The standard InChI is InChI=1S/C28H27N3O3S/c1-18-8-6-9-22(16-18)33-15-7-14-31-24-17-21(11-12-25(24)34-19(2)28(31)32)26-20(3)35-27(30-26)23-10-4-5-13-29-23/h4-6,8-13,16-17,19H,7,14-15H2,1-3H3. The summed E-state index contributed by atoms with van der Waals surface area (Å²) in [5.41, 5.74) is 4.63. The molecule has 2 aromatic carbocycles. The number of carbonyl (C=O) groups is 1. The zero-order valence-electron chi connectivity index (χ0n) is 20.0. The molecule has 1 aliphatic rings. The van der Waals surface area contributed by atoms with Crippen LogP contribution in [0.2, 0.25) is 0 Å². The molecule has 0 spiro atoms. The molecular formula is C28H27N3O3S. The van der Waals surface area contributed by atoms with Gasteiger partial charge < -0.3 is 14.4 Å². The first-order valence-corrected chi connectivity index (χ1v) is 12.5. The van der Waals surface area contributed by atoms with E-state index >= 15 is 0 Å². The van der Waals surface area contributed by atoms with Crippen LogP contribution in [0.25, 0.3) is 22.0 Å². The number of aryl methyl sites for hydroxylation is 2. The van der Waals surface area contributed by atoms with E-state index in [0.29, 0.717) is 25.3 Å². The lowest BCUT2D eigenvalue weighted by atomic mass is 10.1. The van der Waals surface area contributed by atoms with E-state index in [1.165, 1.54) is 0 Å². The summed E-state index contributed by atoms with van der Waals surface area (Å²) in [5, 5.41) is 0.877. The molecule has 1 amide bonds. The van der Waals surface area contributed by atoms with Crippen molar-refractivity contribution in [3.8, 4) is 33.5 Å². The fourth-order valence-corrected chi connectivity index (χ4v) is 5.08. The Hall–Kier alpha value is -3.71. The van der Waals surface area contributed by atoms with Crippen molar-refractivity contribution in [2.75, 3.05) is 18.1 Å². The first-order valence-electron chi connectivity index (χ1n) is 11.7. The lowest BCUT2D eigenvalue weighted by Crippen LogP contribution is -2.45. The van der Waals surface area contributed by atoms with Gasteiger partial charge in [-0.2, -0.15) is 0 Å². The molecule has 0 aliphatic carbocycles. The molecule has 1 aliphatic heterocycles. The van der Waals surface area contributed by atoms with Gasteiger partial charge in [-0.25, -0.2) is 4.98 Å². The van der Waals surface area contributed by atoms with Gasteiger partial charge in [0.25, 0.3) is 5.91 Å². The van der Waals surface area contributed by atoms with Gasteiger partial charge in [0.1, 0.15) is 16.5 Å². The highest BCUT2D eigenvalue weighted by atomic mass is 32.1. The van der Waals surface area contributed by atoms with Crippen LogP contribution < -0.4 is 14.4 Å². The number of anilines is 1. The molecule has 7 heteroatoms. The van der Waals surface area contributed by atoms with Crippen LogP contribution in [0.5, 0.6) is 11.5 Å². The number of benzene rings is 2. The van der Waals surface area contributed by atoms with Crippen LogP contribution in [0, 0.1) is 13.8 Å². The molecule has 1 atom stereocenters. The summed E-state index contributed by atoms with van der Waals surface area (Å²) in [7, 11) is 0. The smallest absolute Gasteiger partial charge is 0.267 e. The maximum Gasteiger partial charge on any atom is 0.267 e. The van der Waals surface area contributed by atoms with Crippen molar-refractivity contribution in [2.45, 2.75) is 33.3 Å². The molecule has 35 heavy (non-hydrogen) atoms. The van der Waals surface area contributed by atoms with Crippen LogP contribution in [-0.2, 0) is 4.79 Å². The number of ether oxygens (including phenoxy) is 2. The molecule has 0 saturated carbocycles. The van der Waals surface area contributed by atoms with Crippen molar-refractivity contribution in [1.82, 2.24) is 9.97 Å². The van der Waals surface area contributed by atoms with Gasteiger partial charge in [0.15, 0.2) is 6.10 Å². The molecule has 5 rings (SSSR count). The predicted octanol–water partition coefficient (Wildman–Crippen LogP) is 6.07. The summed E-state index contributed by atoms with van der Waals surface area (Å²) >= 11 is 1.62. The number of amides is 1. The maximum absolute atomic E-state index is 13.0. The number of hydrogen-bond acceptors (Lipinski definition) is 6. The number of pyridine rings is 1. The van der Waals surface area contributed by atoms with Crippen molar-refractivity contribution >= 4 is 22.9 Å². The fourth-order valence-electron chi connectivity index (χ4n) is 4.17. The molecule has 0 fully saturated rings. The Labute approximate surface area is 209 Å². The first-order chi connectivity index (χ1) is 17.0. The van der Waals surface area contributed by atoms with E-state index in [1.54, 1.807) is 24.5 Å². The summed E-state index contributed by atoms with van der Waals surface area (Å²) in [4.78, 5) is 25.2. The Bertz CT molecular complexity index is 1350. The van der Waals surface area contributed by atoms with Gasteiger partial charge in [0, 0.05) is 23.2 Å². The molecule has 0 N–H and O–H groups in total. The van der Waals surface area contributed by atoms with Crippen LogP contribution in [0.15, 0.2) is 66.9 Å². The molecule has 2 aromatic heterocycles. The van der Waals surface area contributed by atoms with E-state index in [2.05, 4.69) is 11.9 Å². The summed E-state index contributed by atoms with van der Waals surface area (Å²) in [6.07, 6.45) is 1.95. The van der Waals surface area contributed by atoms with Crippen LogP contribution in [0.4, 0.5) is 5.69 Å². The normalized spacial score (nSPS) is 15.0. The molecule has 1 unspecified atom stereocenters. The summed E-state index contributed by atoms with van der Waals surface area (Å²) in [6, 6.07) is 19.7. The minimum atomic E-state index is -0.525. The van der Waals surface area contributed by atoms with Gasteiger partial charge in [-0.1, -0.05) is 18.2 Å². The molecular weight excluding hydrogens is 458 g/mol. The summed E-state index contributed by atoms with van der Waals surface area (Å²) < 4.78 is 11.8. The van der Waals surface area contributed by atoms with Crippen LogP contribution in [0.3, 0.4) is 0 Å². The highest BCUT2D eigenvalue weighted by Gasteiger charge is 2.31. The van der Waals surface area contributed by atoms with E-state index in [9.17, 15) is 4.79 Å². The lowest BCUT2D eigenvalue weighted by Gasteiger charge is -2.33. The molecule has 4 aromatic rings. The number of carbonyl (C=O) groups excluding carboxylic acids is 1. The van der Waals surface area contributed by atoms with Crippen molar-refractivity contribution in [3.63, 3.8) is 0 Å². The summed E-state index contributed by atoms with van der Waals surface area (Å²) in [5.74, 6) is 1.50. The van der Waals surface area contributed by atoms with Gasteiger partial charge in [-0.3, -0.25) is 9.78 Å². The van der Waals surface area contributed by atoms with Crippen molar-refractivity contribution in [3.05, 3.63) is 77.3 Å². The molecule has 6 nitrogen and oxygen atoms in total. The predicted molar refractivity (Wildman–Crippen MR) is 139 cm³/mol. The van der Waals surface area contributed by atoms with E-state index in [1.807, 2.05) is 72.5 Å². The van der Waals surface area contributed by atoms with Gasteiger partial charge >= 0.3 is 0 Å². The highest BCUT2D eigenvalue weighted by Crippen LogP contribution is 2.40. The topological polar surface area (TPSA) is 64.5 Å². The number of hydrogen-bond donors (Lipinski definition) is 0. The monoisotopic (exact) mass is 485 g/mol.